The van der Waals surface area contributed by atoms with Crippen molar-refractivity contribution in [1.29, 1.82) is 0 Å². The maximum atomic E-state index is 13.7. The number of hydrogen-bond acceptors (Lipinski definition) is 5. The van der Waals surface area contributed by atoms with Crippen molar-refractivity contribution in [2.24, 2.45) is 0 Å². The Morgan fingerprint density at radius 1 is 1.53 bits per heavy atom. The van der Waals surface area contributed by atoms with Gasteiger partial charge in [0.05, 0.1) is 23.9 Å². The van der Waals surface area contributed by atoms with E-state index in [0.717, 1.165) is 0 Å². The average Bonchev–Trinajstić information content (AvgIpc) is 2.71. The van der Waals surface area contributed by atoms with E-state index in [9.17, 15) is 9.50 Å². The molecule has 0 bridgehead atoms. The number of phenols is 1. The number of halogens is 2. The molecule has 0 saturated carbocycles. The van der Waals surface area contributed by atoms with E-state index in [1.807, 2.05) is 0 Å². The van der Waals surface area contributed by atoms with Crippen LogP contribution in [0.1, 0.15) is 0 Å². The highest BCUT2D eigenvalue weighted by atomic mass is 35.5. The van der Waals surface area contributed by atoms with E-state index in [-0.39, 0.29) is 27.8 Å². The van der Waals surface area contributed by atoms with Gasteiger partial charge in [-0.1, -0.05) is 16.8 Å². The summed E-state index contributed by atoms with van der Waals surface area (Å²) in [5.41, 5.74) is 5.82. The molecule has 17 heavy (non-hydrogen) atoms. The van der Waals surface area contributed by atoms with Crippen LogP contribution in [0.4, 0.5) is 10.3 Å². The highest BCUT2D eigenvalue weighted by molar-refractivity contribution is 6.32. The van der Waals surface area contributed by atoms with Gasteiger partial charge in [0, 0.05) is 5.56 Å². The van der Waals surface area contributed by atoms with Crippen LogP contribution in [0.2, 0.25) is 5.02 Å². The second-order valence-electron chi connectivity index (χ2n) is 3.21. The van der Waals surface area contributed by atoms with Gasteiger partial charge in [-0.3, -0.25) is 0 Å². The Balaban J connectivity index is 2.69. The van der Waals surface area contributed by atoms with E-state index in [1.54, 1.807) is 0 Å². The summed E-state index contributed by atoms with van der Waals surface area (Å²) in [5, 5.41) is 13.1. The van der Waals surface area contributed by atoms with E-state index in [1.165, 1.54) is 19.4 Å². The highest BCUT2D eigenvalue weighted by Crippen LogP contribution is 2.42. The minimum absolute atomic E-state index is 0.0124. The maximum Gasteiger partial charge on any atom is 0.230 e. The van der Waals surface area contributed by atoms with E-state index in [0.29, 0.717) is 0 Å². The molecule has 2 aromatic rings. The zero-order valence-corrected chi connectivity index (χ0v) is 9.45. The second-order valence-corrected chi connectivity index (χ2v) is 3.61. The highest BCUT2D eigenvalue weighted by Gasteiger charge is 2.21. The van der Waals surface area contributed by atoms with Crippen molar-refractivity contribution in [3.8, 4) is 22.6 Å². The van der Waals surface area contributed by atoms with Gasteiger partial charge in [-0.25, -0.2) is 0 Å². The topological polar surface area (TPSA) is 81.5 Å². The molecule has 0 unspecified atom stereocenters. The largest absolute Gasteiger partial charge is 0.504 e. The molecule has 90 valence electrons. The van der Waals surface area contributed by atoms with Crippen LogP contribution in [0.3, 0.4) is 0 Å². The van der Waals surface area contributed by atoms with Gasteiger partial charge in [-0.2, -0.15) is 4.39 Å². The first-order chi connectivity index (χ1) is 8.06. The SMILES string of the molecule is COc1c(Cl)cc(-c2cnoc2N)c(O)c1F. The van der Waals surface area contributed by atoms with Crippen LogP contribution in [-0.2, 0) is 0 Å². The van der Waals surface area contributed by atoms with Crippen LogP contribution in [0.15, 0.2) is 16.8 Å². The quantitative estimate of drug-likeness (QED) is 0.865. The van der Waals surface area contributed by atoms with Gasteiger partial charge in [0.1, 0.15) is 0 Å². The van der Waals surface area contributed by atoms with Crippen molar-refractivity contribution in [2.45, 2.75) is 0 Å². The van der Waals surface area contributed by atoms with Crippen LogP contribution >= 0.6 is 11.6 Å². The van der Waals surface area contributed by atoms with Gasteiger partial charge in [0.15, 0.2) is 11.5 Å². The van der Waals surface area contributed by atoms with Crippen molar-refractivity contribution in [2.75, 3.05) is 12.8 Å². The standard InChI is InChI=1S/C10H8ClFN2O3/c1-16-9-6(11)2-4(8(15)7(9)12)5-3-14-17-10(5)13/h2-3,15H,13H2,1H3. The number of phenolic OH excluding ortho intramolecular Hbond substituents is 1. The van der Waals surface area contributed by atoms with Crippen LogP contribution in [0.25, 0.3) is 11.1 Å². The first kappa shape index (κ1) is 11.5. The number of methoxy groups -OCH3 is 1. The summed E-state index contributed by atoms with van der Waals surface area (Å²) in [4.78, 5) is 0. The number of rotatable bonds is 2. The third kappa shape index (κ3) is 1.76. The maximum absolute atomic E-state index is 13.7. The molecule has 0 amide bonds. The molecule has 1 heterocycles. The third-order valence-corrected chi connectivity index (χ3v) is 2.52. The van der Waals surface area contributed by atoms with E-state index in [2.05, 4.69) is 9.68 Å². The normalized spacial score (nSPS) is 10.5. The lowest BCUT2D eigenvalue weighted by Gasteiger charge is -2.09. The van der Waals surface area contributed by atoms with Gasteiger partial charge in [0.2, 0.25) is 11.7 Å². The smallest absolute Gasteiger partial charge is 0.230 e. The first-order valence-corrected chi connectivity index (χ1v) is 4.89. The van der Waals surface area contributed by atoms with E-state index >= 15 is 0 Å². The fourth-order valence-corrected chi connectivity index (χ4v) is 1.70. The van der Waals surface area contributed by atoms with Gasteiger partial charge < -0.3 is 20.1 Å². The number of nitrogen functional groups attached to an aromatic ring is 1. The molecule has 0 saturated heterocycles. The van der Waals surface area contributed by atoms with Crippen molar-refractivity contribution < 1.29 is 18.8 Å². The van der Waals surface area contributed by atoms with Crippen LogP contribution < -0.4 is 10.5 Å². The second kappa shape index (κ2) is 4.14. The van der Waals surface area contributed by atoms with Gasteiger partial charge in [0.25, 0.3) is 0 Å². The molecule has 7 heteroatoms. The fourth-order valence-electron chi connectivity index (χ4n) is 1.43. The minimum Gasteiger partial charge on any atom is -0.504 e. The zero-order valence-electron chi connectivity index (χ0n) is 8.70. The summed E-state index contributed by atoms with van der Waals surface area (Å²) in [6.45, 7) is 0. The fraction of sp³-hybridized carbons (Fsp3) is 0.100. The summed E-state index contributed by atoms with van der Waals surface area (Å²) in [7, 11) is 1.25. The molecular formula is C10H8ClFN2O3. The number of anilines is 1. The number of nitrogens with zero attached hydrogens (tertiary/aromatic N) is 1. The number of aromatic nitrogens is 1. The Labute approximate surface area is 101 Å². The van der Waals surface area contributed by atoms with Crippen molar-refractivity contribution >= 4 is 17.5 Å². The molecule has 0 radical (unpaired) electrons. The van der Waals surface area contributed by atoms with E-state index in [4.69, 9.17) is 22.1 Å². The Morgan fingerprint density at radius 2 is 2.24 bits per heavy atom. The first-order valence-electron chi connectivity index (χ1n) is 4.51. The molecule has 1 aromatic carbocycles. The lowest BCUT2D eigenvalue weighted by molar-refractivity contribution is 0.365. The van der Waals surface area contributed by atoms with Gasteiger partial charge in [-0.05, 0) is 6.07 Å². The number of benzene rings is 1. The predicted molar refractivity (Wildman–Crippen MR) is 59.5 cm³/mol. The molecule has 0 atom stereocenters. The molecule has 3 N–H and O–H groups in total. The van der Waals surface area contributed by atoms with E-state index < -0.39 is 11.6 Å². The molecular weight excluding hydrogens is 251 g/mol. The number of ether oxygens (including phenoxy) is 1. The minimum atomic E-state index is -0.962. The summed E-state index contributed by atoms with van der Waals surface area (Å²) < 4.78 is 23.0. The molecule has 0 aliphatic rings. The monoisotopic (exact) mass is 258 g/mol. The summed E-state index contributed by atoms with van der Waals surface area (Å²) >= 11 is 5.81. The van der Waals surface area contributed by atoms with Crippen molar-refractivity contribution in [3.05, 3.63) is 23.1 Å². The summed E-state index contributed by atoms with van der Waals surface area (Å²) in [6, 6.07) is 1.32. The third-order valence-electron chi connectivity index (χ3n) is 2.24. The average molecular weight is 259 g/mol. The Kier molecular flexibility index (Phi) is 2.81. The van der Waals surface area contributed by atoms with Crippen molar-refractivity contribution in [3.63, 3.8) is 0 Å². The van der Waals surface area contributed by atoms with Crippen LogP contribution in [-0.4, -0.2) is 17.4 Å². The Bertz CT molecular complexity index is 571. The Morgan fingerprint density at radius 3 is 2.76 bits per heavy atom. The number of aromatic hydroxyl groups is 1. The summed E-state index contributed by atoms with van der Waals surface area (Å²) in [5.74, 6) is -1.86. The van der Waals surface area contributed by atoms with Gasteiger partial charge in [-0.15, -0.1) is 0 Å². The van der Waals surface area contributed by atoms with Crippen LogP contribution in [0, 0.1) is 5.82 Å². The number of hydrogen-bond donors (Lipinski definition) is 2. The molecule has 2 rings (SSSR count). The lowest BCUT2D eigenvalue weighted by atomic mass is 10.1. The number of nitrogens with two attached hydrogens (primary N) is 1. The molecule has 0 aliphatic heterocycles. The lowest BCUT2D eigenvalue weighted by Crippen LogP contribution is -1.93. The van der Waals surface area contributed by atoms with Crippen molar-refractivity contribution in [1.82, 2.24) is 5.16 Å². The zero-order chi connectivity index (χ0) is 12.6. The van der Waals surface area contributed by atoms with Gasteiger partial charge >= 0.3 is 0 Å². The molecule has 0 fully saturated rings. The molecule has 5 nitrogen and oxygen atoms in total. The molecule has 1 aromatic heterocycles. The Hall–Kier alpha value is -1.95. The molecule has 0 aliphatic carbocycles. The predicted octanol–water partition coefficient (Wildman–Crippen LogP) is 2.43. The van der Waals surface area contributed by atoms with Crippen LogP contribution in [0.5, 0.6) is 11.5 Å². The molecule has 0 spiro atoms. The summed E-state index contributed by atoms with van der Waals surface area (Å²) in [6.07, 6.45) is 1.26.